The van der Waals surface area contributed by atoms with Crippen LogP contribution >= 0.6 is 0 Å². The van der Waals surface area contributed by atoms with E-state index in [1.807, 2.05) is 0 Å². The molecule has 3 N–H and O–H groups in total. The molecule has 1 aromatic carbocycles. The summed E-state index contributed by atoms with van der Waals surface area (Å²) in [7, 11) is 0. The number of anilines is 1. The van der Waals surface area contributed by atoms with Gasteiger partial charge in [0.25, 0.3) is 0 Å². The first-order chi connectivity index (χ1) is 8.58. The molecular formula is C13H16N2O3. The van der Waals surface area contributed by atoms with Gasteiger partial charge >= 0.3 is 5.97 Å². The minimum atomic E-state index is -0.956. The van der Waals surface area contributed by atoms with Gasteiger partial charge in [-0.05, 0) is 50.1 Å². The molecule has 1 aliphatic heterocycles. The Hall–Kier alpha value is -1.88. The summed E-state index contributed by atoms with van der Waals surface area (Å²) < 4.78 is 0. The zero-order valence-corrected chi connectivity index (χ0v) is 10.2. The van der Waals surface area contributed by atoms with Crippen LogP contribution in [0.15, 0.2) is 18.2 Å². The van der Waals surface area contributed by atoms with Crippen LogP contribution in [0, 0.1) is 6.92 Å². The van der Waals surface area contributed by atoms with Gasteiger partial charge in [-0.15, -0.1) is 0 Å². The Morgan fingerprint density at radius 1 is 1.44 bits per heavy atom. The highest BCUT2D eigenvalue weighted by Gasteiger charge is 2.22. The normalized spacial score (nSPS) is 18.6. The van der Waals surface area contributed by atoms with Gasteiger partial charge in [0.2, 0.25) is 5.91 Å². The van der Waals surface area contributed by atoms with Crippen LogP contribution < -0.4 is 10.6 Å². The summed E-state index contributed by atoms with van der Waals surface area (Å²) in [6.07, 6.45) is 1.85. The van der Waals surface area contributed by atoms with Crippen LogP contribution in [0.1, 0.15) is 28.8 Å². The number of aryl methyl sites for hydroxylation is 1. The van der Waals surface area contributed by atoms with E-state index in [4.69, 9.17) is 5.11 Å². The van der Waals surface area contributed by atoms with E-state index in [2.05, 4.69) is 10.6 Å². The number of carbonyl (C=O) groups excluding carboxylic acids is 1. The molecule has 2 rings (SSSR count). The minimum absolute atomic E-state index is 0.0602. The first-order valence-electron chi connectivity index (χ1n) is 5.96. The first kappa shape index (κ1) is 12.6. The summed E-state index contributed by atoms with van der Waals surface area (Å²) in [4.78, 5) is 22.7. The topological polar surface area (TPSA) is 78.4 Å². The lowest BCUT2D eigenvalue weighted by Crippen LogP contribution is -2.35. The molecule has 0 saturated carbocycles. The van der Waals surface area contributed by atoms with Crippen molar-refractivity contribution in [2.75, 3.05) is 11.9 Å². The van der Waals surface area contributed by atoms with Gasteiger partial charge in [-0.25, -0.2) is 4.79 Å². The largest absolute Gasteiger partial charge is 0.478 e. The number of nitrogens with one attached hydrogen (secondary N) is 2. The van der Waals surface area contributed by atoms with Crippen molar-refractivity contribution in [3.05, 3.63) is 29.3 Å². The summed E-state index contributed by atoms with van der Waals surface area (Å²) in [6.45, 7) is 2.59. The Morgan fingerprint density at radius 3 is 2.78 bits per heavy atom. The number of carbonyl (C=O) groups is 2. The number of amides is 1. The Kier molecular flexibility index (Phi) is 3.62. The number of carboxylic acid groups (broad SMARTS) is 1. The van der Waals surface area contributed by atoms with Gasteiger partial charge < -0.3 is 15.7 Å². The van der Waals surface area contributed by atoms with Crippen LogP contribution in [-0.4, -0.2) is 29.6 Å². The quantitative estimate of drug-likeness (QED) is 0.755. The Balaban J connectivity index is 2.07. The molecule has 1 saturated heterocycles. The number of rotatable bonds is 3. The molecule has 96 valence electrons. The van der Waals surface area contributed by atoms with Gasteiger partial charge in [0.05, 0.1) is 11.6 Å². The number of carboxylic acids is 1. The molecule has 0 spiro atoms. The first-order valence-corrected chi connectivity index (χ1v) is 5.96. The highest BCUT2D eigenvalue weighted by atomic mass is 16.4. The Labute approximate surface area is 105 Å². The van der Waals surface area contributed by atoms with Crippen molar-refractivity contribution in [1.29, 1.82) is 0 Å². The zero-order valence-electron chi connectivity index (χ0n) is 10.2. The molecule has 1 fully saturated rings. The third-order valence-corrected chi connectivity index (χ3v) is 3.10. The second kappa shape index (κ2) is 5.18. The average Bonchev–Trinajstić information content (AvgIpc) is 2.81. The maximum absolute atomic E-state index is 11.9. The van der Waals surface area contributed by atoms with Crippen molar-refractivity contribution in [1.82, 2.24) is 5.32 Å². The number of hydrogen-bond acceptors (Lipinski definition) is 3. The van der Waals surface area contributed by atoms with Gasteiger partial charge in [-0.1, -0.05) is 0 Å². The van der Waals surface area contributed by atoms with Crippen LogP contribution in [0.3, 0.4) is 0 Å². The third kappa shape index (κ3) is 2.68. The second-order valence-electron chi connectivity index (χ2n) is 4.47. The Bertz CT molecular complexity index is 479. The SMILES string of the molecule is Cc1cc(NC(=O)[C@@H]2CCCN2)ccc1C(=O)O. The molecule has 0 aliphatic carbocycles. The molecule has 1 heterocycles. The van der Waals surface area contributed by atoms with Crippen molar-refractivity contribution in [2.24, 2.45) is 0 Å². The van der Waals surface area contributed by atoms with E-state index in [1.54, 1.807) is 19.1 Å². The molecular weight excluding hydrogens is 232 g/mol. The molecule has 0 aromatic heterocycles. The summed E-state index contributed by atoms with van der Waals surface area (Å²) in [5, 5.41) is 14.8. The summed E-state index contributed by atoms with van der Waals surface area (Å²) in [5.74, 6) is -1.02. The molecule has 0 unspecified atom stereocenters. The lowest BCUT2D eigenvalue weighted by Gasteiger charge is -2.12. The van der Waals surface area contributed by atoms with Crippen LogP contribution in [0.2, 0.25) is 0 Å². The van der Waals surface area contributed by atoms with Gasteiger partial charge in [0.1, 0.15) is 0 Å². The molecule has 0 radical (unpaired) electrons. The fraction of sp³-hybridized carbons (Fsp3) is 0.385. The molecule has 0 bridgehead atoms. The molecule has 1 aliphatic rings. The summed E-state index contributed by atoms with van der Waals surface area (Å²) in [6, 6.07) is 4.67. The van der Waals surface area contributed by atoms with Crippen molar-refractivity contribution in [2.45, 2.75) is 25.8 Å². The smallest absolute Gasteiger partial charge is 0.335 e. The predicted octanol–water partition coefficient (Wildman–Crippen LogP) is 1.38. The second-order valence-corrected chi connectivity index (χ2v) is 4.47. The molecule has 1 atom stereocenters. The van der Waals surface area contributed by atoms with Crippen molar-refractivity contribution in [3.63, 3.8) is 0 Å². The molecule has 5 heteroatoms. The lowest BCUT2D eigenvalue weighted by atomic mass is 10.1. The van der Waals surface area contributed by atoms with E-state index in [0.717, 1.165) is 19.4 Å². The van der Waals surface area contributed by atoms with Crippen LogP contribution in [0.5, 0.6) is 0 Å². The fourth-order valence-electron chi connectivity index (χ4n) is 2.12. The monoisotopic (exact) mass is 248 g/mol. The van der Waals surface area contributed by atoms with E-state index < -0.39 is 5.97 Å². The average molecular weight is 248 g/mol. The molecule has 18 heavy (non-hydrogen) atoms. The summed E-state index contributed by atoms with van der Waals surface area (Å²) >= 11 is 0. The Morgan fingerprint density at radius 2 is 2.22 bits per heavy atom. The molecule has 5 nitrogen and oxygen atoms in total. The lowest BCUT2D eigenvalue weighted by molar-refractivity contribution is -0.117. The van der Waals surface area contributed by atoms with E-state index in [9.17, 15) is 9.59 Å². The standard InChI is InChI=1S/C13H16N2O3/c1-8-7-9(4-5-10(8)13(17)18)15-12(16)11-3-2-6-14-11/h4-5,7,11,14H,2-3,6H2,1H3,(H,15,16)(H,17,18)/t11-/m0/s1. The van der Waals surface area contributed by atoms with Crippen molar-refractivity contribution in [3.8, 4) is 0 Å². The van der Waals surface area contributed by atoms with E-state index in [-0.39, 0.29) is 17.5 Å². The third-order valence-electron chi connectivity index (χ3n) is 3.10. The molecule has 1 amide bonds. The van der Waals surface area contributed by atoms with E-state index in [0.29, 0.717) is 11.3 Å². The number of aromatic carboxylic acids is 1. The maximum atomic E-state index is 11.9. The van der Waals surface area contributed by atoms with Crippen LogP contribution in [0.4, 0.5) is 5.69 Å². The van der Waals surface area contributed by atoms with Crippen LogP contribution in [0.25, 0.3) is 0 Å². The van der Waals surface area contributed by atoms with Crippen LogP contribution in [-0.2, 0) is 4.79 Å². The van der Waals surface area contributed by atoms with Gasteiger partial charge in [-0.3, -0.25) is 4.79 Å². The maximum Gasteiger partial charge on any atom is 0.335 e. The highest BCUT2D eigenvalue weighted by molar-refractivity contribution is 5.96. The highest BCUT2D eigenvalue weighted by Crippen LogP contribution is 2.16. The number of benzene rings is 1. The predicted molar refractivity (Wildman–Crippen MR) is 67.8 cm³/mol. The van der Waals surface area contributed by atoms with Crippen molar-refractivity contribution < 1.29 is 14.7 Å². The van der Waals surface area contributed by atoms with Gasteiger partial charge in [-0.2, -0.15) is 0 Å². The molecule has 1 aromatic rings. The van der Waals surface area contributed by atoms with Gasteiger partial charge in [0, 0.05) is 5.69 Å². The van der Waals surface area contributed by atoms with Crippen molar-refractivity contribution >= 4 is 17.6 Å². The zero-order chi connectivity index (χ0) is 13.1. The van der Waals surface area contributed by atoms with E-state index in [1.165, 1.54) is 6.07 Å². The van der Waals surface area contributed by atoms with Gasteiger partial charge in [0.15, 0.2) is 0 Å². The fourth-order valence-corrected chi connectivity index (χ4v) is 2.12. The minimum Gasteiger partial charge on any atom is -0.478 e. The summed E-state index contributed by atoms with van der Waals surface area (Å²) in [5.41, 5.74) is 1.53. The van der Waals surface area contributed by atoms with E-state index >= 15 is 0 Å². The number of hydrogen-bond donors (Lipinski definition) is 3.